The van der Waals surface area contributed by atoms with Gasteiger partial charge in [0.25, 0.3) is 0 Å². The van der Waals surface area contributed by atoms with Crippen LogP contribution in [-0.4, -0.2) is 86.7 Å². The highest BCUT2D eigenvalue weighted by molar-refractivity contribution is 6.41. The fourth-order valence-electron chi connectivity index (χ4n) is 5.10. The number of pyridine rings is 1. The van der Waals surface area contributed by atoms with Crippen molar-refractivity contribution in [1.82, 2.24) is 20.3 Å². The summed E-state index contributed by atoms with van der Waals surface area (Å²) in [4.78, 5) is 28.5. The molecule has 41 heavy (non-hydrogen) atoms. The molecule has 1 aromatic carbocycles. The number of nitrogens with zero attached hydrogens (tertiary/aromatic N) is 4. The number of halogens is 2. The molecule has 218 valence electrons. The molecular weight excluding hydrogens is 571 g/mol. The van der Waals surface area contributed by atoms with Crippen LogP contribution < -0.4 is 25.0 Å². The number of aromatic nitrogens is 3. The van der Waals surface area contributed by atoms with Crippen molar-refractivity contribution in [2.45, 2.75) is 31.0 Å². The number of anilines is 2. The summed E-state index contributed by atoms with van der Waals surface area (Å²) in [5.74, 6) is 2.18. The van der Waals surface area contributed by atoms with Crippen molar-refractivity contribution >= 4 is 51.6 Å². The Morgan fingerprint density at radius 2 is 1.76 bits per heavy atom. The van der Waals surface area contributed by atoms with Crippen LogP contribution in [0.2, 0.25) is 10.0 Å². The second-order valence-corrected chi connectivity index (χ2v) is 10.5. The second kappa shape index (κ2) is 12.6. The number of carbonyl (C=O) groups excluding carboxylic acids is 1. The maximum Gasteiger partial charge on any atom is 0.243 e. The Morgan fingerprint density at radius 3 is 2.39 bits per heavy atom. The van der Waals surface area contributed by atoms with Crippen LogP contribution in [0.1, 0.15) is 12.8 Å². The van der Waals surface area contributed by atoms with Gasteiger partial charge in [-0.2, -0.15) is 0 Å². The zero-order valence-electron chi connectivity index (χ0n) is 23.1. The van der Waals surface area contributed by atoms with E-state index in [1.807, 2.05) is 6.07 Å². The van der Waals surface area contributed by atoms with Crippen LogP contribution in [0.5, 0.6) is 11.5 Å². The molecule has 0 radical (unpaired) electrons. The Morgan fingerprint density at radius 1 is 1.07 bits per heavy atom. The quantitative estimate of drug-likeness (QED) is 0.346. The predicted molar refractivity (Wildman–Crippen MR) is 158 cm³/mol. The average molecular weight is 604 g/mol. The number of piperidine rings is 1. The van der Waals surface area contributed by atoms with Crippen molar-refractivity contribution in [3.8, 4) is 22.9 Å². The lowest BCUT2D eigenvalue weighted by Gasteiger charge is -2.33. The average Bonchev–Trinajstić information content (AvgIpc) is 3.43. The highest BCUT2D eigenvalue weighted by atomic mass is 35.5. The van der Waals surface area contributed by atoms with E-state index in [0.29, 0.717) is 47.4 Å². The highest BCUT2D eigenvalue weighted by Crippen LogP contribution is 2.46. The van der Waals surface area contributed by atoms with Crippen molar-refractivity contribution in [3.63, 3.8) is 0 Å². The number of amides is 1. The molecule has 2 aliphatic rings. The van der Waals surface area contributed by atoms with Crippen molar-refractivity contribution in [2.24, 2.45) is 0 Å². The molecule has 2 atom stereocenters. The Balaban J connectivity index is 1.58. The summed E-state index contributed by atoms with van der Waals surface area (Å²) >= 11 is 13.5. The van der Waals surface area contributed by atoms with Gasteiger partial charge in [-0.1, -0.05) is 29.8 Å². The zero-order chi connectivity index (χ0) is 29.1. The predicted octanol–water partition coefficient (Wildman–Crippen LogP) is 4.11. The summed E-state index contributed by atoms with van der Waals surface area (Å²) in [6.07, 6.45) is 4.82. The Kier molecular flexibility index (Phi) is 8.98. The normalized spacial score (nSPS) is 19.3. The number of carbonyl (C=O) groups is 1. The van der Waals surface area contributed by atoms with E-state index < -0.39 is 0 Å². The second-order valence-electron chi connectivity index (χ2n) is 9.77. The van der Waals surface area contributed by atoms with Crippen LogP contribution in [0.3, 0.4) is 0 Å². The van der Waals surface area contributed by atoms with Crippen molar-refractivity contribution in [3.05, 3.63) is 41.0 Å². The van der Waals surface area contributed by atoms with Gasteiger partial charge in [0.05, 0.1) is 72.9 Å². The topological polar surface area (TPSA) is 120 Å². The molecule has 11 nitrogen and oxygen atoms in total. The first-order valence-corrected chi connectivity index (χ1v) is 14.0. The molecule has 0 bridgehead atoms. The Bertz CT molecular complexity index is 1420. The van der Waals surface area contributed by atoms with Crippen LogP contribution in [0, 0.1) is 0 Å². The number of ether oxygens (including phenoxy) is 4. The first kappa shape index (κ1) is 29.1. The molecule has 2 aromatic heterocycles. The fraction of sp³-hybridized carbons (Fsp3) is 0.429. The molecule has 1 amide bonds. The third-order valence-electron chi connectivity index (χ3n) is 7.36. The van der Waals surface area contributed by atoms with Gasteiger partial charge in [0, 0.05) is 31.7 Å². The molecule has 0 saturated carbocycles. The first-order valence-electron chi connectivity index (χ1n) is 13.2. The number of hydrogen-bond donors (Lipinski definition) is 2. The van der Waals surface area contributed by atoms with Crippen LogP contribution in [-0.2, 0) is 14.3 Å². The van der Waals surface area contributed by atoms with Gasteiger partial charge < -0.3 is 34.5 Å². The number of nitrogens with one attached hydrogen (secondary N) is 2. The van der Waals surface area contributed by atoms with E-state index in [2.05, 4.69) is 27.1 Å². The Hall–Kier alpha value is -3.38. The number of rotatable bonds is 9. The summed E-state index contributed by atoms with van der Waals surface area (Å²) in [7, 11) is 4.78. The van der Waals surface area contributed by atoms with Gasteiger partial charge in [0.15, 0.2) is 5.82 Å². The largest absolute Gasteiger partial charge is 0.495 e. The molecule has 0 aliphatic carbocycles. The van der Waals surface area contributed by atoms with E-state index in [1.165, 1.54) is 20.3 Å². The standard InChI is InChI=1S/C28H32Cl2N6O5/c1-5-23(37)33-19-14-41-13-18(19)32-22-10-16-17(12-31-22)34-27(35-28(16)36-8-6-15(38-2)7-9-36)24-25(29)20(39-3)11-21(40-4)26(24)30/h5,10-12,15,18-19H,1,6-9,13-14H2,2-4H3,(H,31,32)(H,33,37)/t18-,19+/m1/s1. The van der Waals surface area contributed by atoms with Crippen molar-refractivity contribution in [2.75, 3.05) is 57.8 Å². The minimum Gasteiger partial charge on any atom is -0.495 e. The smallest absolute Gasteiger partial charge is 0.243 e. The summed E-state index contributed by atoms with van der Waals surface area (Å²) in [5.41, 5.74) is 1.02. The lowest BCUT2D eigenvalue weighted by molar-refractivity contribution is -0.117. The summed E-state index contributed by atoms with van der Waals surface area (Å²) in [5, 5.41) is 7.66. The maximum absolute atomic E-state index is 11.9. The molecule has 5 rings (SSSR count). The number of benzene rings is 1. The molecular formula is C28H32Cl2N6O5. The molecule has 3 aromatic rings. The molecule has 2 N–H and O–H groups in total. The van der Waals surface area contributed by atoms with Gasteiger partial charge in [0.1, 0.15) is 23.1 Å². The molecule has 0 spiro atoms. The Labute approximate surface area is 248 Å². The van der Waals surface area contributed by atoms with E-state index in [0.717, 1.165) is 37.1 Å². The van der Waals surface area contributed by atoms with Gasteiger partial charge >= 0.3 is 0 Å². The van der Waals surface area contributed by atoms with Crippen LogP contribution in [0.15, 0.2) is 31.0 Å². The molecule has 2 saturated heterocycles. The van der Waals surface area contributed by atoms with E-state index in [4.69, 9.17) is 52.1 Å². The number of methoxy groups -OCH3 is 3. The fourth-order valence-corrected chi connectivity index (χ4v) is 5.77. The summed E-state index contributed by atoms with van der Waals surface area (Å²) in [6.45, 7) is 5.82. The van der Waals surface area contributed by atoms with Gasteiger partial charge in [0.2, 0.25) is 5.91 Å². The van der Waals surface area contributed by atoms with Crippen molar-refractivity contribution < 1.29 is 23.7 Å². The lowest BCUT2D eigenvalue weighted by Crippen LogP contribution is -2.45. The van der Waals surface area contributed by atoms with E-state index >= 15 is 0 Å². The molecule has 2 aliphatic heterocycles. The van der Waals surface area contributed by atoms with Gasteiger partial charge in [-0.25, -0.2) is 15.0 Å². The SMILES string of the molecule is C=CC(=O)N[C@H]1COC[C@H]1Nc1cc2c(N3CCC(OC)CC3)nc(-c3c(Cl)c(OC)cc(OC)c3Cl)nc2cn1. The number of hydrogen-bond acceptors (Lipinski definition) is 10. The maximum atomic E-state index is 11.9. The van der Waals surface area contributed by atoms with E-state index in [1.54, 1.807) is 19.4 Å². The minimum atomic E-state index is -0.257. The van der Waals surface area contributed by atoms with Crippen molar-refractivity contribution in [1.29, 1.82) is 0 Å². The van der Waals surface area contributed by atoms with Crippen LogP contribution in [0.4, 0.5) is 11.6 Å². The van der Waals surface area contributed by atoms with E-state index in [-0.39, 0.29) is 34.1 Å². The minimum absolute atomic E-state index is 0.174. The lowest BCUT2D eigenvalue weighted by atomic mass is 10.1. The third kappa shape index (κ3) is 5.99. The molecule has 13 heteroatoms. The zero-order valence-corrected chi connectivity index (χ0v) is 24.6. The molecule has 0 unspecified atom stereocenters. The third-order valence-corrected chi connectivity index (χ3v) is 8.11. The highest BCUT2D eigenvalue weighted by Gasteiger charge is 2.30. The molecule has 2 fully saturated rings. The van der Waals surface area contributed by atoms with E-state index in [9.17, 15) is 4.79 Å². The van der Waals surface area contributed by atoms with Gasteiger partial charge in [-0.05, 0) is 25.0 Å². The van der Waals surface area contributed by atoms with Crippen LogP contribution >= 0.6 is 23.2 Å². The van der Waals surface area contributed by atoms with Gasteiger partial charge in [-0.15, -0.1) is 0 Å². The molecule has 4 heterocycles. The number of fused-ring (bicyclic) bond motifs is 1. The monoisotopic (exact) mass is 602 g/mol. The first-order chi connectivity index (χ1) is 19.9. The summed E-state index contributed by atoms with van der Waals surface area (Å²) < 4.78 is 22.1. The van der Waals surface area contributed by atoms with Crippen LogP contribution in [0.25, 0.3) is 22.3 Å². The summed E-state index contributed by atoms with van der Waals surface area (Å²) in [6, 6.07) is 3.14. The van der Waals surface area contributed by atoms with Gasteiger partial charge in [-0.3, -0.25) is 4.79 Å².